The molecule has 214 valence electrons. The molecule has 0 saturated heterocycles. The number of carbonyl (C=O) groups is 3. The zero-order valence-corrected chi connectivity index (χ0v) is 22.9. The molecule has 0 unspecified atom stereocenters. The number of halogens is 3. The highest BCUT2D eigenvalue weighted by molar-refractivity contribution is 6.14. The van der Waals surface area contributed by atoms with Crippen LogP contribution in [0, 0.1) is 5.41 Å². The Bertz CT molecular complexity index is 1370. The molecule has 0 saturated carbocycles. The molecule has 1 aliphatic heterocycles. The van der Waals surface area contributed by atoms with Gasteiger partial charge in [0.25, 0.3) is 11.8 Å². The van der Waals surface area contributed by atoms with Gasteiger partial charge in [-0.05, 0) is 54.2 Å². The van der Waals surface area contributed by atoms with Gasteiger partial charge in [-0.15, -0.1) is 0 Å². The van der Waals surface area contributed by atoms with E-state index in [4.69, 9.17) is 14.2 Å². The van der Waals surface area contributed by atoms with Crippen LogP contribution in [-0.4, -0.2) is 62.1 Å². The zero-order chi connectivity index (χ0) is 29.5. The predicted octanol–water partition coefficient (Wildman–Crippen LogP) is 4.47. The first kappa shape index (κ1) is 29.0. The molecule has 8 nitrogen and oxygen atoms in total. The third kappa shape index (κ3) is 5.00. The molecule has 4 rings (SSSR count). The third-order valence-electron chi connectivity index (χ3n) is 7.27. The minimum absolute atomic E-state index is 0.00954. The van der Waals surface area contributed by atoms with Crippen LogP contribution in [0.3, 0.4) is 0 Å². The number of rotatable bonds is 8. The Morgan fingerprint density at radius 1 is 0.950 bits per heavy atom. The fourth-order valence-corrected chi connectivity index (χ4v) is 5.32. The van der Waals surface area contributed by atoms with Crippen LogP contribution in [0.25, 0.3) is 0 Å². The van der Waals surface area contributed by atoms with E-state index >= 15 is 13.2 Å². The average Bonchev–Trinajstić information content (AvgIpc) is 3.13. The van der Waals surface area contributed by atoms with Gasteiger partial charge in [0, 0.05) is 24.2 Å². The van der Waals surface area contributed by atoms with Crippen molar-refractivity contribution < 1.29 is 41.8 Å². The molecule has 0 fully saturated rings. The molecule has 1 heterocycles. The minimum atomic E-state index is -5.30. The second-order valence-corrected chi connectivity index (χ2v) is 10.6. The van der Waals surface area contributed by atoms with E-state index in [1.807, 2.05) is 5.32 Å². The Kier molecular flexibility index (Phi) is 7.62. The van der Waals surface area contributed by atoms with Crippen LogP contribution < -0.4 is 19.5 Å². The van der Waals surface area contributed by atoms with E-state index in [0.29, 0.717) is 5.75 Å². The summed E-state index contributed by atoms with van der Waals surface area (Å²) >= 11 is 0. The maximum atomic E-state index is 15.1. The van der Waals surface area contributed by atoms with Crippen LogP contribution in [0.5, 0.6) is 17.2 Å². The van der Waals surface area contributed by atoms with E-state index in [9.17, 15) is 14.4 Å². The highest BCUT2D eigenvalue weighted by atomic mass is 19.4. The number of hydrogen-bond donors (Lipinski definition) is 1. The Balaban J connectivity index is 1.77. The zero-order valence-electron chi connectivity index (χ0n) is 22.9. The summed E-state index contributed by atoms with van der Waals surface area (Å²) in [7, 11) is 4.20. The lowest BCUT2D eigenvalue weighted by Gasteiger charge is -2.35. The Hall–Kier alpha value is -4.02. The number of ether oxygens (including phenoxy) is 3. The molecular weight excluding hydrogens is 529 g/mol. The molecule has 11 heteroatoms. The summed E-state index contributed by atoms with van der Waals surface area (Å²) in [6, 6.07) is 10.7. The number of ketones is 1. The van der Waals surface area contributed by atoms with Crippen LogP contribution >= 0.6 is 0 Å². The summed E-state index contributed by atoms with van der Waals surface area (Å²) < 4.78 is 60.6. The third-order valence-corrected chi connectivity index (χ3v) is 7.27. The summed E-state index contributed by atoms with van der Waals surface area (Å²) in [5.74, 6) is -2.42. The van der Waals surface area contributed by atoms with Gasteiger partial charge in [-0.2, -0.15) is 13.2 Å². The first-order valence-corrected chi connectivity index (χ1v) is 12.6. The molecule has 0 aromatic heterocycles. The lowest BCUT2D eigenvalue weighted by Crippen LogP contribution is -2.66. The first-order valence-electron chi connectivity index (χ1n) is 12.6. The van der Waals surface area contributed by atoms with Crippen LogP contribution in [0.2, 0.25) is 0 Å². The maximum absolute atomic E-state index is 15.1. The van der Waals surface area contributed by atoms with Gasteiger partial charge < -0.3 is 24.4 Å². The molecule has 0 bridgehead atoms. The molecular formula is C29H31F3N2O6. The second-order valence-electron chi connectivity index (χ2n) is 10.6. The number of carbonyl (C=O) groups excluding carboxylic acids is 3. The normalized spacial score (nSPS) is 20.4. The lowest BCUT2D eigenvalue weighted by molar-refractivity contribution is -0.190. The number of methoxy groups -OCH3 is 3. The topological polar surface area (TPSA) is 94.2 Å². The number of amides is 2. The quantitative estimate of drug-likeness (QED) is 0.512. The molecule has 2 aliphatic rings. The van der Waals surface area contributed by atoms with Gasteiger partial charge >= 0.3 is 6.18 Å². The van der Waals surface area contributed by atoms with Gasteiger partial charge in [0.2, 0.25) is 5.54 Å². The SMILES string of the molecule is COc1ccc(CCN2C(=O)[C@@](NC(=O)c3ccc(OC)c(OC)c3)(C(F)(F)F)C3=C2CC(C)(C)CC3=O)cc1. The van der Waals surface area contributed by atoms with E-state index in [2.05, 4.69) is 0 Å². The highest BCUT2D eigenvalue weighted by Crippen LogP contribution is 2.51. The second kappa shape index (κ2) is 10.5. The van der Waals surface area contributed by atoms with Gasteiger partial charge in [0.05, 0.1) is 26.9 Å². The fraction of sp³-hybridized carbons (Fsp3) is 0.414. The van der Waals surface area contributed by atoms with E-state index in [-0.39, 0.29) is 48.6 Å². The standard InChI is InChI=1S/C29H31F3N2O6/c1-27(2)15-20-24(21(35)16-27)28(29(30,31)32,33-25(36)18-8-11-22(39-4)23(14-18)40-5)26(37)34(20)13-12-17-6-9-19(38-3)10-7-17/h6-11,14H,12-13,15-16H2,1-5H3,(H,33,36)/t28-/m1/s1. The number of nitrogens with zero attached hydrogens (tertiary/aromatic N) is 1. The molecule has 40 heavy (non-hydrogen) atoms. The molecule has 2 amide bonds. The molecule has 1 N–H and O–H groups in total. The lowest BCUT2D eigenvalue weighted by atomic mass is 9.72. The monoisotopic (exact) mass is 560 g/mol. The van der Waals surface area contributed by atoms with Crippen molar-refractivity contribution in [1.82, 2.24) is 10.2 Å². The van der Waals surface area contributed by atoms with Gasteiger partial charge in [-0.25, -0.2) is 0 Å². The number of benzene rings is 2. The van der Waals surface area contributed by atoms with Crippen molar-refractivity contribution >= 4 is 17.6 Å². The van der Waals surface area contributed by atoms with Crippen LogP contribution in [0.4, 0.5) is 13.2 Å². The van der Waals surface area contributed by atoms with Gasteiger partial charge in [-0.3, -0.25) is 14.4 Å². The van der Waals surface area contributed by atoms with E-state index < -0.39 is 40.3 Å². The number of hydrogen-bond acceptors (Lipinski definition) is 6. The van der Waals surface area contributed by atoms with E-state index in [1.165, 1.54) is 39.5 Å². The van der Waals surface area contributed by atoms with Crippen molar-refractivity contribution in [2.45, 2.75) is 44.8 Å². The molecule has 2 aromatic rings. The molecule has 0 radical (unpaired) electrons. The Morgan fingerprint density at radius 3 is 2.17 bits per heavy atom. The summed E-state index contributed by atoms with van der Waals surface area (Å²) in [6.07, 6.45) is -5.22. The van der Waals surface area contributed by atoms with Crippen molar-refractivity contribution in [3.63, 3.8) is 0 Å². The summed E-state index contributed by atoms with van der Waals surface area (Å²) in [6.45, 7) is 3.41. The van der Waals surface area contributed by atoms with Crippen LogP contribution in [0.15, 0.2) is 53.7 Å². The van der Waals surface area contributed by atoms with Crippen LogP contribution in [-0.2, 0) is 16.0 Å². The van der Waals surface area contributed by atoms with Gasteiger partial charge in [-0.1, -0.05) is 26.0 Å². The highest BCUT2D eigenvalue weighted by Gasteiger charge is 2.71. The number of alkyl halides is 3. The molecule has 1 atom stereocenters. The number of nitrogens with one attached hydrogen (secondary N) is 1. The first-order chi connectivity index (χ1) is 18.8. The number of Topliss-reactive ketones (excluding diaryl/α,β-unsaturated/α-hetero) is 1. The van der Waals surface area contributed by atoms with Crippen molar-refractivity contribution in [2.24, 2.45) is 5.41 Å². The summed E-state index contributed by atoms with van der Waals surface area (Å²) in [4.78, 5) is 41.5. The molecule has 2 aromatic carbocycles. The predicted molar refractivity (Wildman–Crippen MR) is 139 cm³/mol. The Morgan fingerprint density at radius 2 is 1.60 bits per heavy atom. The summed E-state index contributed by atoms with van der Waals surface area (Å²) in [5.41, 5.74) is -4.37. The minimum Gasteiger partial charge on any atom is -0.497 e. The largest absolute Gasteiger partial charge is 0.497 e. The van der Waals surface area contributed by atoms with E-state index in [1.54, 1.807) is 38.1 Å². The Labute approximate surface area is 230 Å². The van der Waals surface area contributed by atoms with E-state index in [0.717, 1.165) is 10.5 Å². The number of allylic oxidation sites excluding steroid dienone is 1. The summed E-state index contributed by atoms with van der Waals surface area (Å²) in [5, 5.41) is 1.94. The van der Waals surface area contributed by atoms with Crippen molar-refractivity contribution in [3.8, 4) is 17.2 Å². The van der Waals surface area contributed by atoms with Gasteiger partial charge in [0.1, 0.15) is 5.75 Å². The maximum Gasteiger partial charge on any atom is 0.425 e. The van der Waals surface area contributed by atoms with Crippen molar-refractivity contribution in [1.29, 1.82) is 0 Å². The van der Waals surface area contributed by atoms with Crippen LogP contribution in [0.1, 0.15) is 42.6 Å². The van der Waals surface area contributed by atoms with Crippen molar-refractivity contribution in [2.75, 3.05) is 27.9 Å². The molecule has 1 aliphatic carbocycles. The molecule has 0 spiro atoms. The smallest absolute Gasteiger partial charge is 0.425 e. The van der Waals surface area contributed by atoms with Crippen molar-refractivity contribution in [3.05, 3.63) is 64.9 Å². The fourth-order valence-electron chi connectivity index (χ4n) is 5.32. The van der Waals surface area contributed by atoms with Gasteiger partial charge in [0.15, 0.2) is 17.3 Å². The average molecular weight is 561 g/mol.